The zero-order chi connectivity index (χ0) is 24.0. The van der Waals surface area contributed by atoms with Crippen LogP contribution in [0.5, 0.6) is 0 Å². The molecule has 11 heteroatoms. The van der Waals surface area contributed by atoms with Crippen molar-refractivity contribution >= 4 is 35.0 Å². The van der Waals surface area contributed by atoms with E-state index in [0.29, 0.717) is 17.5 Å². The second-order valence-electron chi connectivity index (χ2n) is 7.35. The zero-order valence-corrected chi connectivity index (χ0v) is 19.3. The third kappa shape index (κ3) is 6.39. The number of nitrogens with one attached hydrogen (secondary N) is 2. The molecule has 2 aromatic carbocycles. The predicted octanol–water partition coefficient (Wildman–Crippen LogP) is 3.48. The number of hydrogen-bond acceptors (Lipinski definition) is 7. The van der Waals surface area contributed by atoms with Crippen LogP contribution in [0.1, 0.15) is 34.2 Å². The molecule has 0 radical (unpaired) electrons. The van der Waals surface area contributed by atoms with Gasteiger partial charge in [0, 0.05) is 29.9 Å². The van der Waals surface area contributed by atoms with Crippen LogP contribution >= 0.6 is 11.8 Å². The molecular formula is C22H24N6O4S. The Bertz CT molecular complexity index is 1170. The monoisotopic (exact) mass is 468 g/mol. The van der Waals surface area contributed by atoms with Gasteiger partial charge in [0.25, 0.3) is 11.6 Å². The van der Waals surface area contributed by atoms with E-state index in [2.05, 4.69) is 20.8 Å². The number of rotatable bonds is 9. The molecule has 2 N–H and O–H groups in total. The summed E-state index contributed by atoms with van der Waals surface area (Å²) in [7, 11) is 0. The third-order valence-electron chi connectivity index (χ3n) is 4.67. The first kappa shape index (κ1) is 23.9. The fraction of sp³-hybridized carbons (Fsp3) is 0.273. The molecular weight excluding hydrogens is 444 g/mol. The first-order chi connectivity index (χ1) is 15.8. The van der Waals surface area contributed by atoms with E-state index in [4.69, 9.17) is 0 Å². The lowest BCUT2D eigenvalue weighted by Gasteiger charge is -2.09. The van der Waals surface area contributed by atoms with Crippen LogP contribution in [0.15, 0.2) is 47.6 Å². The summed E-state index contributed by atoms with van der Waals surface area (Å²) in [5.41, 5.74) is 2.92. The molecule has 0 bridgehead atoms. The molecule has 33 heavy (non-hydrogen) atoms. The second-order valence-corrected chi connectivity index (χ2v) is 8.29. The molecule has 0 fully saturated rings. The van der Waals surface area contributed by atoms with Gasteiger partial charge in [-0.1, -0.05) is 23.9 Å². The van der Waals surface area contributed by atoms with Gasteiger partial charge >= 0.3 is 0 Å². The second kappa shape index (κ2) is 10.7. The summed E-state index contributed by atoms with van der Waals surface area (Å²) in [6.45, 7) is 6.50. The summed E-state index contributed by atoms with van der Waals surface area (Å²) in [5.74, 6) is 0.0709. The van der Waals surface area contributed by atoms with E-state index >= 15 is 0 Å². The molecule has 0 unspecified atom stereocenters. The minimum atomic E-state index is -0.551. The molecule has 1 aromatic heterocycles. The van der Waals surface area contributed by atoms with E-state index < -0.39 is 10.8 Å². The van der Waals surface area contributed by atoms with Gasteiger partial charge in [0.15, 0.2) is 11.0 Å². The van der Waals surface area contributed by atoms with Crippen molar-refractivity contribution in [3.63, 3.8) is 0 Å². The molecule has 3 aromatic rings. The maximum absolute atomic E-state index is 12.4. The van der Waals surface area contributed by atoms with Gasteiger partial charge in [0.1, 0.15) is 0 Å². The highest BCUT2D eigenvalue weighted by atomic mass is 32.2. The molecule has 2 amide bonds. The molecule has 0 atom stereocenters. The number of nitro groups is 1. The lowest BCUT2D eigenvalue weighted by Crippen LogP contribution is -2.25. The Kier molecular flexibility index (Phi) is 7.78. The van der Waals surface area contributed by atoms with Gasteiger partial charge in [0.2, 0.25) is 5.91 Å². The summed E-state index contributed by atoms with van der Waals surface area (Å²) in [6.07, 6.45) is 0. The molecule has 10 nitrogen and oxygen atoms in total. The molecule has 0 saturated heterocycles. The Labute approximate surface area is 194 Å². The van der Waals surface area contributed by atoms with Crippen LogP contribution in [-0.2, 0) is 17.9 Å². The van der Waals surface area contributed by atoms with E-state index in [1.54, 1.807) is 0 Å². The van der Waals surface area contributed by atoms with Crippen molar-refractivity contribution in [2.75, 3.05) is 11.1 Å². The lowest BCUT2D eigenvalue weighted by molar-refractivity contribution is -0.384. The van der Waals surface area contributed by atoms with Crippen LogP contribution in [0.4, 0.5) is 11.4 Å². The molecule has 0 spiro atoms. The first-order valence-corrected chi connectivity index (χ1v) is 11.2. The van der Waals surface area contributed by atoms with Gasteiger partial charge in [-0.25, -0.2) is 0 Å². The van der Waals surface area contributed by atoms with E-state index in [-0.39, 0.29) is 29.5 Å². The Morgan fingerprint density at radius 1 is 1.12 bits per heavy atom. The van der Waals surface area contributed by atoms with Gasteiger partial charge in [0.05, 0.1) is 17.2 Å². The summed E-state index contributed by atoms with van der Waals surface area (Å²) in [5, 5.41) is 25.3. The van der Waals surface area contributed by atoms with Gasteiger partial charge in [-0.05, 0) is 50.1 Å². The minimum absolute atomic E-state index is 0.0949. The number of amides is 2. The van der Waals surface area contributed by atoms with E-state index in [1.165, 1.54) is 36.0 Å². The van der Waals surface area contributed by atoms with E-state index in [0.717, 1.165) is 16.8 Å². The number of nitro benzene ring substituents is 1. The number of carbonyl (C=O) groups excluding carboxylic acids is 2. The van der Waals surface area contributed by atoms with Crippen molar-refractivity contribution in [3.05, 3.63) is 75.1 Å². The van der Waals surface area contributed by atoms with E-state index in [1.807, 2.05) is 43.5 Å². The van der Waals surface area contributed by atoms with Crippen molar-refractivity contribution in [2.45, 2.75) is 39.0 Å². The van der Waals surface area contributed by atoms with Crippen molar-refractivity contribution in [2.24, 2.45) is 0 Å². The summed E-state index contributed by atoms with van der Waals surface area (Å²) < 4.78 is 1.81. The fourth-order valence-corrected chi connectivity index (χ4v) is 4.09. The average molecular weight is 469 g/mol. The van der Waals surface area contributed by atoms with Crippen LogP contribution in [0.2, 0.25) is 0 Å². The molecule has 0 aliphatic rings. The minimum Gasteiger partial charge on any atom is -0.345 e. The number of non-ortho nitro benzene ring substituents is 1. The van der Waals surface area contributed by atoms with Crippen LogP contribution in [-0.4, -0.2) is 37.3 Å². The van der Waals surface area contributed by atoms with Crippen LogP contribution in [0.25, 0.3) is 0 Å². The summed E-state index contributed by atoms with van der Waals surface area (Å²) in [6, 6.07) is 11.4. The maximum Gasteiger partial charge on any atom is 0.270 e. The number of nitrogens with zero attached hydrogens (tertiary/aromatic N) is 4. The van der Waals surface area contributed by atoms with Gasteiger partial charge in [-0.3, -0.25) is 19.7 Å². The summed E-state index contributed by atoms with van der Waals surface area (Å²) in [4.78, 5) is 35.1. The average Bonchev–Trinajstić information content (AvgIpc) is 3.17. The third-order valence-corrected chi connectivity index (χ3v) is 5.64. The van der Waals surface area contributed by atoms with Crippen molar-refractivity contribution in [1.29, 1.82) is 0 Å². The highest BCUT2D eigenvalue weighted by Crippen LogP contribution is 2.19. The van der Waals surface area contributed by atoms with Crippen molar-refractivity contribution in [1.82, 2.24) is 20.1 Å². The van der Waals surface area contributed by atoms with Crippen molar-refractivity contribution in [3.8, 4) is 0 Å². The Morgan fingerprint density at radius 3 is 2.52 bits per heavy atom. The normalized spacial score (nSPS) is 10.6. The van der Waals surface area contributed by atoms with Crippen molar-refractivity contribution < 1.29 is 14.5 Å². The van der Waals surface area contributed by atoms with Crippen LogP contribution < -0.4 is 10.6 Å². The number of anilines is 1. The van der Waals surface area contributed by atoms with Gasteiger partial charge < -0.3 is 15.2 Å². The largest absolute Gasteiger partial charge is 0.345 e. The van der Waals surface area contributed by atoms with Gasteiger partial charge in [-0.15, -0.1) is 10.2 Å². The number of thioether (sulfide) groups is 1. The van der Waals surface area contributed by atoms with Gasteiger partial charge in [-0.2, -0.15) is 0 Å². The lowest BCUT2D eigenvalue weighted by atomic mass is 10.1. The number of aryl methyl sites for hydroxylation is 2. The topological polar surface area (TPSA) is 132 Å². The Morgan fingerprint density at radius 2 is 1.85 bits per heavy atom. The molecule has 0 aliphatic carbocycles. The van der Waals surface area contributed by atoms with E-state index in [9.17, 15) is 19.7 Å². The number of carbonyl (C=O) groups is 2. The molecule has 0 saturated carbocycles. The Hall–Kier alpha value is -3.73. The SMILES string of the molecule is CCn1c(CNC(=O)c2cccc([N+](=O)[O-])c2)nnc1SCC(=O)Nc1cc(C)cc(C)c1. The highest BCUT2D eigenvalue weighted by molar-refractivity contribution is 7.99. The predicted molar refractivity (Wildman–Crippen MR) is 125 cm³/mol. The Balaban J connectivity index is 1.59. The quantitative estimate of drug-likeness (QED) is 0.279. The number of aromatic nitrogens is 3. The smallest absolute Gasteiger partial charge is 0.270 e. The standard InChI is InChI=1S/C22H24N6O4S/c1-4-27-19(12-23-21(30)16-6-5-7-18(11-16)28(31)32)25-26-22(27)33-13-20(29)24-17-9-14(2)8-15(3)10-17/h5-11H,4,12-13H2,1-3H3,(H,23,30)(H,24,29). The number of benzene rings is 2. The molecule has 3 rings (SSSR count). The molecule has 0 aliphatic heterocycles. The maximum atomic E-state index is 12.4. The fourth-order valence-electron chi connectivity index (χ4n) is 3.27. The first-order valence-electron chi connectivity index (χ1n) is 10.2. The zero-order valence-electron chi connectivity index (χ0n) is 18.5. The van der Waals surface area contributed by atoms with Crippen LogP contribution in [0, 0.1) is 24.0 Å². The number of hydrogen-bond donors (Lipinski definition) is 2. The van der Waals surface area contributed by atoms with Crippen LogP contribution in [0.3, 0.4) is 0 Å². The molecule has 1 heterocycles. The highest BCUT2D eigenvalue weighted by Gasteiger charge is 2.16. The molecule has 172 valence electrons. The summed E-state index contributed by atoms with van der Waals surface area (Å²) >= 11 is 1.25.